The number of aliphatic hydroxyl groups excluding tert-OH is 2. The summed E-state index contributed by atoms with van der Waals surface area (Å²) in [4.78, 5) is 57.0. The minimum atomic E-state index is -2.63. The second kappa shape index (κ2) is 21.7. The fraction of sp³-hybridized carbons (Fsp3) is 0.774. The van der Waals surface area contributed by atoms with E-state index >= 15 is 4.79 Å². The van der Waals surface area contributed by atoms with Crippen molar-refractivity contribution < 1.29 is 67.0 Å². The summed E-state index contributed by atoms with van der Waals surface area (Å²) in [5, 5.41) is 43.4. The standard InChI is InChI=1S/C53H87NO14Si2/c1-17-69(18-2,19-3)67-38-29-39-52(31-62-39,65-34(10)55)43-45(64-46(58)35-26-24-23-25-27-35)53(61)30-37(33(9)40(50(53,14)15)41(56)44(57)51(38,43)16)63-47(59)42(68-70(20-4,21-5)22-6)36(28-32(7)8)54-48(60)66-49(11,12)13/h23-27,32,36-39,41-45,56-57,61H,17-22,28-31H2,1-16H3,(H,54,60)/t36-,37-,38-,39+,41-,42+,43-,44-,45-,51+,52-,53+/m0/s1. The third kappa shape index (κ3) is 10.7. The highest BCUT2D eigenvalue weighted by Crippen LogP contribution is 2.66. The number of hydrogen-bond donors (Lipinski definition) is 4. The Morgan fingerprint density at radius 1 is 0.886 bits per heavy atom. The van der Waals surface area contributed by atoms with Gasteiger partial charge in [0.25, 0.3) is 0 Å². The van der Waals surface area contributed by atoms with E-state index < -0.39 is 123 Å². The number of benzene rings is 1. The molecule has 4 N–H and O–H groups in total. The molecule has 3 fully saturated rings. The van der Waals surface area contributed by atoms with Gasteiger partial charge in [-0.2, -0.15) is 0 Å². The Balaban J connectivity index is 1.79. The predicted octanol–water partition coefficient (Wildman–Crippen LogP) is 8.78. The fourth-order valence-corrected chi connectivity index (χ4v) is 18.2. The van der Waals surface area contributed by atoms with Crippen LogP contribution in [0.4, 0.5) is 4.79 Å². The smallest absolute Gasteiger partial charge is 0.407 e. The molecule has 0 unspecified atom stereocenters. The van der Waals surface area contributed by atoms with Crippen molar-refractivity contribution in [3.8, 4) is 0 Å². The average Bonchev–Trinajstić information content (AvgIpc) is 3.28. The molecule has 1 saturated heterocycles. The fourth-order valence-electron chi connectivity index (χ4n) is 12.4. The molecule has 1 amide bonds. The van der Waals surface area contributed by atoms with Crippen LogP contribution in [0.1, 0.15) is 140 Å². The van der Waals surface area contributed by atoms with Gasteiger partial charge in [-0.1, -0.05) is 94.4 Å². The van der Waals surface area contributed by atoms with E-state index in [1.165, 1.54) is 6.92 Å². The largest absolute Gasteiger partial charge is 0.456 e. The van der Waals surface area contributed by atoms with Crippen LogP contribution in [0, 0.1) is 22.7 Å². The summed E-state index contributed by atoms with van der Waals surface area (Å²) in [6.07, 6.45) is -9.77. The number of fused-ring (bicyclic) bond motifs is 5. The van der Waals surface area contributed by atoms with Crippen LogP contribution in [0.25, 0.3) is 0 Å². The molecule has 1 aromatic rings. The van der Waals surface area contributed by atoms with E-state index in [2.05, 4.69) is 26.1 Å². The van der Waals surface area contributed by atoms with Gasteiger partial charge >= 0.3 is 24.0 Å². The van der Waals surface area contributed by atoms with Gasteiger partial charge in [-0.05, 0) is 99.6 Å². The Kier molecular flexibility index (Phi) is 17.9. The highest BCUT2D eigenvalue weighted by atomic mass is 28.4. The van der Waals surface area contributed by atoms with Crippen molar-refractivity contribution in [3.63, 3.8) is 0 Å². The molecular weight excluding hydrogens is 931 g/mol. The normalized spacial score (nSPS) is 31.7. The zero-order valence-corrected chi connectivity index (χ0v) is 47.1. The minimum Gasteiger partial charge on any atom is -0.456 e. The number of alkyl carbamates (subject to hydrolysis) is 1. The minimum absolute atomic E-state index is 0.00981. The molecular formula is C53H87NO14Si2. The Morgan fingerprint density at radius 3 is 1.94 bits per heavy atom. The van der Waals surface area contributed by atoms with Crippen LogP contribution in [0.3, 0.4) is 0 Å². The first-order chi connectivity index (χ1) is 32.5. The van der Waals surface area contributed by atoms with Gasteiger partial charge in [0.1, 0.15) is 35.6 Å². The highest BCUT2D eigenvalue weighted by Gasteiger charge is 2.78. The second-order valence-corrected chi connectivity index (χ2v) is 32.2. The van der Waals surface area contributed by atoms with Gasteiger partial charge in [-0.25, -0.2) is 14.4 Å². The molecule has 0 radical (unpaired) electrons. The molecule has 2 bridgehead atoms. The number of carbonyl (C=O) groups is 4. The van der Waals surface area contributed by atoms with E-state index in [1.54, 1.807) is 78.8 Å². The summed E-state index contributed by atoms with van der Waals surface area (Å²) in [6, 6.07) is 11.8. The van der Waals surface area contributed by atoms with Crippen LogP contribution >= 0.6 is 0 Å². The summed E-state index contributed by atoms with van der Waals surface area (Å²) in [7, 11) is -5.17. The van der Waals surface area contributed by atoms with Crippen LogP contribution in [0.2, 0.25) is 36.3 Å². The van der Waals surface area contributed by atoms with E-state index in [0.717, 1.165) is 18.1 Å². The molecule has 4 aliphatic rings. The molecule has 0 aromatic heterocycles. The zero-order chi connectivity index (χ0) is 52.6. The number of hydrogen-bond acceptors (Lipinski definition) is 14. The van der Waals surface area contributed by atoms with Crippen molar-refractivity contribution in [1.82, 2.24) is 5.32 Å². The molecule has 3 aliphatic carbocycles. The first kappa shape index (κ1) is 57.7. The lowest BCUT2D eigenvalue weighted by molar-refractivity contribution is -0.363. The van der Waals surface area contributed by atoms with E-state index in [0.29, 0.717) is 30.1 Å². The summed E-state index contributed by atoms with van der Waals surface area (Å²) < 4.78 is 46.2. The Labute approximate surface area is 419 Å². The predicted molar refractivity (Wildman–Crippen MR) is 271 cm³/mol. The van der Waals surface area contributed by atoms with Gasteiger partial charge in [-0.3, -0.25) is 4.79 Å². The van der Waals surface area contributed by atoms with Crippen molar-refractivity contribution in [1.29, 1.82) is 0 Å². The molecule has 15 nitrogen and oxygen atoms in total. The van der Waals surface area contributed by atoms with Crippen LogP contribution in [0.5, 0.6) is 0 Å². The summed E-state index contributed by atoms with van der Waals surface area (Å²) in [5.41, 5.74) is -6.93. The van der Waals surface area contributed by atoms with E-state index in [9.17, 15) is 29.7 Å². The number of ether oxygens (including phenoxy) is 5. The lowest BCUT2D eigenvalue weighted by Crippen LogP contribution is -2.82. The molecule has 1 aromatic carbocycles. The summed E-state index contributed by atoms with van der Waals surface area (Å²) >= 11 is 0. The van der Waals surface area contributed by atoms with E-state index in [1.807, 2.05) is 34.6 Å². The SMILES string of the molecule is CC[Si](CC)(CC)O[C@H]1C[C@H]2OC[C@@]2(OC(C)=O)[C@H]2[C@H](OC(=O)c3ccccc3)[C@]3(O)C[C@H](OC(=O)[C@H](O[Si](CC)(CC)CC)[C@H](CC(C)C)NC(=O)OC(C)(C)C)C(C)=C([C@H](O)[C@H](O)[C@]12C)C3(C)C. The van der Waals surface area contributed by atoms with Gasteiger partial charge in [0, 0.05) is 30.6 Å². The molecule has 0 spiro atoms. The lowest BCUT2D eigenvalue weighted by atomic mass is 9.44. The molecule has 1 heterocycles. The van der Waals surface area contributed by atoms with Crippen molar-refractivity contribution in [3.05, 3.63) is 47.0 Å². The first-order valence-corrected chi connectivity index (χ1v) is 31.0. The molecule has 12 atom stereocenters. The summed E-state index contributed by atoms with van der Waals surface area (Å²) in [6.45, 7) is 29.7. The highest BCUT2D eigenvalue weighted by molar-refractivity contribution is 6.74. The maximum atomic E-state index is 15.3. The number of esters is 3. The van der Waals surface area contributed by atoms with Gasteiger partial charge in [-0.15, -0.1) is 0 Å². The summed E-state index contributed by atoms with van der Waals surface area (Å²) in [5.74, 6) is -3.50. The number of rotatable bonds is 19. The quantitative estimate of drug-likeness (QED) is 0.0443. The average molecular weight is 1020 g/mol. The van der Waals surface area contributed by atoms with Gasteiger partial charge in [0.05, 0.1) is 36.3 Å². The Bertz CT molecular complexity index is 2030. The molecule has 17 heteroatoms. The van der Waals surface area contributed by atoms with Gasteiger partial charge < -0.3 is 53.2 Å². The molecule has 5 rings (SSSR count). The molecule has 396 valence electrons. The van der Waals surface area contributed by atoms with Crippen LogP contribution < -0.4 is 5.32 Å². The number of nitrogens with one attached hydrogen (secondary N) is 1. The van der Waals surface area contributed by atoms with Crippen molar-refractivity contribution >= 4 is 40.6 Å². The van der Waals surface area contributed by atoms with Crippen molar-refractivity contribution in [2.75, 3.05) is 6.61 Å². The Hall–Kier alpha value is -3.17. The molecule has 2 saturated carbocycles. The first-order valence-electron chi connectivity index (χ1n) is 26.0. The third-order valence-corrected chi connectivity index (χ3v) is 26.3. The third-order valence-electron chi connectivity index (χ3n) is 17.0. The maximum absolute atomic E-state index is 15.3. The monoisotopic (exact) mass is 1020 g/mol. The number of carbonyl (C=O) groups excluding carboxylic acids is 4. The zero-order valence-electron chi connectivity index (χ0n) is 45.1. The Morgan fingerprint density at radius 2 is 1.46 bits per heavy atom. The topological polar surface area (TPSA) is 206 Å². The van der Waals surface area contributed by atoms with E-state index in [4.69, 9.17) is 32.5 Å². The number of amides is 1. The van der Waals surface area contributed by atoms with E-state index in [-0.39, 0.29) is 36.5 Å². The second-order valence-electron chi connectivity index (χ2n) is 22.8. The maximum Gasteiger partial charge on any atom is 0.407 e. The molecule has 1 aliphatic heterocycles. The van der Waals surface area contributed by atoms with Gasteiger partial charge in [0.15, 0.2) is 28.3 Å². The van der Waals surface area contributed by atoms with Gasteiger partial charge in [0.2, 0.25) is 0 Å². The van der Waals surface area contributed by atoms with Crippen LogP contribution in [-0.4, -0.2) is 128 Å². The molecule has 70 heavy (non-hydrogen) atoms. The van der Waals surface area contributed by atoms with Crippen molar-refractivity contribution in [2.24, 2.45) is 22.7 Å². The number of aliphatic hydroxyl groups is 3. The lowest BCUT2D eigenvalue weighted by Gasteiger charge is -2.70. The van der Waals surface area contributed by atoms with Crippen molar-refractivity contribution in [2.45, 2.75) is 232 Å². The van der Waals surface area contributed by atoms with Crippen LogP contribution in [0.15, 0.2) is 41.5 Å². The van der Waals surface area contributed by atoms with Crippen LogP contribution in [-0.2, 0) is 42.1 Å².